The molecule has 6 rings (SSSR count). The molecule has 0 aliphatic heterocycles. The van der Waals surface area contributed by atoms with E-state index in [0.717, 1.165) is 45.3 Å². The van der Waals surface area contributed by atoms with Crippen molar-refractivity contribution >= 4 is 39.9 Å². The molecule has 3 heteroatoms. The molecule has 0 fully saturated rings. The highest BCUT2D eigenvalue weighted by Gasteiger charge is 2.15. The number of benzene rings is 6. The Bertz CT molecular complexity index is 1810. The molecule has 0 N–H and O–H groups in total. The topological polar surface area (TPSA) is 23.6 Å². The van der Waals surface area contributed by atoms with Crippen molar-refractivity contribution in [1.29, 1.82) is 0 Å². The maximum atomic E-state index is 11.9. The molecule has 0 bridgehead atoms. The van der Waals surface area contributed by atoms with E-state index in [1.807, 2.05) is 30.3 Å². The van der Waals surface area contributed by atoms with Crippen LogP contribution >= 0.6 is 0 Å². The third-order valence-corrected chi connectivity index (χ3v) is 7.72. The summed E-state index contributed by atoms with van der Waals surface area (Å²) in [6.45, 7) is 5.80. The minimum absolute atomic E-state index is 0.0644. The number of Topliss-reactive ketones (excluding diaryl/α,β-unsaturated/α-hetero) is 1. The van der Waals surface area contributed by atoms with E-state index in [0.29, 0.717) is 5.56 Å². The summed E-state index contributed by atoms with van der Waals surface area (Å²) in [7, 11) is 0. The standard InChI is InChI=1S/C40H34N2O/c1-29-9-19-36(20-10-29)41(35-7-5-4-6-8-35)39-25-15-33(16-26-39)34-17-27-40(28-18-34)42(37-21-11-30(2)12-22-37)38-23-13-32(14-24-38)31(3)43/h4-28H,1-3H3. The number of carbonyl (C=O) groups excluding carboxylic acids is 1. The Balaban J connectivity index is 1.31. The van der Waals surface area contributed by atoms with Gasteiger partial charge in [-0.3, -0.25) is 4.79 Å². The molecule has 0 heterocycles. The highest BCUT2D eigenvalue weighted by atomic mass is 16.1. The van der Waals surface area contributed by atoms with Gasteiger partial charge in [-0.25, -0.2) is 0 Å². The predicted molar refractivity (Wildman–Crippen MR) is 181 cm³/mol. The van der Waals surface area contributed by atoms with Crippen molar-refractivity contribution in [3.05, 3.63) is 168 Å². The minimum atomic E-state index is 0.0644. The van der Waals surface area contributed by atoms with Crippen LogP contribution in [0.4, 0.5) is 34.1 Å². The summed E-state index contributed by atoms with van der Waals surface area (Å²) >= 11 is 0. The summed E-state index contributed by atoms with van der Waals surface area (Å²) in [4.78, 5) is 16.4. The molecule has 0 saturated carbocycles. The summed E-state index contributed by atoms with van der Waals surface area (Å²) in [6.07, 6.45) is 0. The zero-order valence-corrected chi connectivity index (χ0v) is 24.7. The monoisotopic (exact) mass is 558 g/mol. The van der Waals surface area contributed by atoms with Crippen LogP contribution in [0.1, 0.15) is 28.4 Å². The number of hydrogen-bond acceptors (Lipinski definition) is 3. The van der Waals surface area contributed by atoms with Crippen molar-refractivity contribution in [3.63, 3.8) is 0 Å². The van der Waals surface area contributed by atoms with E-state index in [1.165, 1.54) is 11.1 Å². The Kier molecular flexibility index (Phi) is 7.88. The first-order valence-electron chi connectivity index (χ1n) is 14.6. The van der Waals surface area contributed by atoms with Crippen molar-refractivity contribution in [3.8, 4) is 11.1 Å². The first kappa shape index (κ1) is 27.7. The molecular formula is C40H34N2O. The molecule has 0 saturated heterocycles. The molecule has 0 atom stereocenters. The van der Waals surface area contributed by atoms with E-state index in [1.54, 1.807) is 6.92 Å². The molecule has 6 aromatic carbocycles. The molecule has 0 aliphatic rings. The summed E-state index contributed by atoms with van der Waals surface area (Å²) in [5, 5.41) is 0. The van der Waals surface area contributed by atoms with Gasteiger partial charge in [-0.1, -0.05) is 77.9 Å². The number of hydrogen-bond donors (Lipinski definition) is 0. The Morgan fingerprint density at radius 1 is 0.395 bits per heavy atom. The fraction of sp³-hybridized carbons (Fsp3) is 0.0750. The third kappa shape index (κ3) is 6.12. The Morgan fingerprint density at radius 3 is 1.05 bits per heavy atom. The summed E-state index contributed by atoms with van der Waals surface area (Å²) < 4.78 is 0. The van der Waals surface area contributed by atoms with Crippen LogP contribution in [0.3, 0.4) is 0 Å². The van der Waals surface area contributed by atoms with Gasteiger partial charge in [0.15, 0.2) is 5.78 Å². The van der Waals surface area contributed by atoms with Crippen LogP contribution in [0.2, 0.25) is 0 Å². The maximum absolute atomic E-state index is 11.9. The van der Waals surface area contributed by atoms with Crippen LogP contribution in [0.5, 0.6) is 0 Å². The van der Waals surface area contributed by atoms with Crippen molar-refractivity contribution in [2.24, 2.45) is 0 Å². The number of aryl methyl sites for hydroxylation is 2. The SMILES string of the molecule is CC(=O)c1ccc(N(c2ccc(C)cc2)c2ccc(-c3ccc(N(c4ccccc4)c4ccc(C)cc4)cc3)cc2)cc1. The van der Waals surface area contributed by atoms with Crippen molar-refractivity contribution in [2.45, 2.75) is 20.8 Å². The largest absolute Gasteiger partial charge is 0.311 e. The first-order chi connectivity index (χ1) is 21.0. The second-order valence-electron chi connectivity index (χ2n) is 10.9. The highest BCUT2D eigenvalue weighted by molar-refractivity contribution is 5.94. The smallest absolute Gasteiger partial charge is 0.159 e. The maximum Gasteiger partial charge on any atom is 0.159 e. The van der Waals surface area contributed by atoms with Crippen LogP contribution < -0.4 is 9.80 Å². The molecule has 0 radical (unpaired) electrons. The van der Waals surface area contributed by atoms with Gasteiger partial charge in [-0.15, -0.1) is 0 Å². The molecule has 0 unspecified atom stereocenters. The van der Waals surface area contributed by atoms with Crippen molar-refractivity contribution in [1.82, 2.24) is 0 Å². The molecule has 0 spiro atoms. The van der Waals surface area contributed by atoms with E-state index in [9.17, 15) is 4.79 Å². The van der Waals surface area contributed by atoms with Crippen molar-refractivity contribution in [2.75, 3.05) is 9.80 Å². The lowest BCUT2D eigenvalue weighted by Gasteiger charge is -2.26. The number of carbonyl (C=O) groups is 1. The number of para-hydroxylation sites is 1. The fourth-order valence-electron chi connectivity index (χ4n) is 5.31. The van der Waals surface area contributed by atoms with Gasteiger partial charge in [0.05, 0.1) is 0 Å². The average Bonchev–Trinajstić information content (AvgIpc) is 3.05. The van der Waals surface area contributed by atoms with Gasteiger partial charge in [-0.2, -0.15) is 0 Å². The molecule has 3 nitrogen and oxygen atoms in total. The molecule has 210 valence electrons. The van der Waals surface area contributed by atoms with Gasteiger partial charge in [-0.05, 0) is 117 Å². The zero-order valence-electron chi connectivity index (χ0n) is 24.7. The van der Waals surface area contributed by atoms with Crippen LogP contribution in [0.25, 0.3) is 11.1 Å². The van der Waals surface area contributed by atoms with Gasteiger partial charge in [0.1, 0.15) is 0 Å². The second-order valence-corrected chi connectivity index (χ2v) is 10.9. The van der Waals surface area contributed by atoms with Gasteiger partial charge < -0.3 is 9.80 Å². The molecule has 0 aliphatic carbocycles. The van der Waals surface area contributed by atoms with Crippen LogP contribution in [-0.4, -0.2) is 5.78 Å². The highest BCUT2D eigenvalue weighted by Crippen LogP contribution is 2.38. The second kappa shape index (κ2) is 12.2. The molecule has 0 amide bonds. The van der Waals surface area contributed by atoms with E-state index < -0.39 is 0 Å². The molecule has 6 aromatic rings. The fourth-order valence-corrected chi connectivity index (χ4v) is 5.31. The third-order valence-electron chi connectivity index (χ3n) is 7.72. The Hall–Kier alpha value is -5.41. The number of nitrogens with zero attached hydrogens (tertiary/aromatic N) is 2. The lowest BCUT2D eigenvalue weighted by molar-refractivity contribution is 0.101. The predicted octanol–water partition coefficient (Wildman–Crippen LogP) is 11.1. The van der Waals surface area contributed by atoms with E-state index in [2.05, 4.69) is 145 Å². The normalized spacial score (nSPS) is 10.8. The van der Waals surface area contributed by atoms with Gasteiger partial charge >= 0.3 is 0 Å². The number of ketones is 1. The van der Waals surface area contributed by atoms with Gasteiger partial charge in [0, 0.05) is 39.7 Å². The van der Waals surface area contributed by atoms with E-state index in [4.69, 9.17) is 0 Å². The van der Waals surface area contributed by atoms with Gasteiger partial charge in [0.2, 0.25) is 0 Å². The summed E-state index contributed by atoms with van der Waals surface area (Å²) in [5.41, 5.74) is 11.9. The molecule has 0 aromatic heterocycles. The van der Waals surface area contributed by atoms with E-state index in [-0.39, 0.29) is 5.78 Å². The van der Waals surface area contributed by atoms with Crippen LogP contribution in [0, 0.1) is 13.8 Å². The molecule has 43 heavy (non-hydrogen) atoms. The van der Waals surface area contributed by atoms with Crippen LogP contribution in [-0.2, 0) is 0 Å². The average molecular weight is 559 g/mol. The number of rotatable bonds is 8. The zero-order chi connectivity index (χ0) is 29.8. The Labute approximate surface area is 254 Å². The quantitative estimate of drug-likeness (QED) is 0.174. The first-order valence-corrected chi connectivity index (χ1v) is 14.6. The number of anilines is 6. The Morgan fingerprint density at radius 2 is 0.698 bits per heavy atom. The molecular weight excluding hydrogens is 524 g/mol. The lowest BCUT2D eigenvalue weighted by atomic mass is 10.0. The van der Waals surface area contributed by atoms with Gasteiger partial charge in [0.25, 0.3) is 0 Å². The summed E-state index contributed by atoms with van der Waals surface area (Å²) in [6, 6.07) is 52.8. The lowest BCUT2D eigenvalue weighted by Crippen LogP contribution is -2.10. The minimum Gasteiger partial charge on any atom is -0.311 e. The van der Waals surface area contributed by atoms with Crippen molar-refractivity contribution < 1.29 is 4.79 Å². The van der Waals surface area contributed by atoms with Crippen LogP contribution in [0.15, 0.2) is 152 Å². The summed E-state index contributed by atoms with van der Waals surface area (Å²) in [5.74, 6) is 0.0644. The van der Waals surface area contributed by atoms with E-state index >= 15 is 0 Å².